The van der Waals surface area contributed by atoms with Gasteiger partial charge in [0.15, 0.2) is 0 Å². The molecule has 0 saturated heterocycles. The summed E-state index contributed by atoms with van der Waals surface area (Å²) in [5, 5.41) is 32.0. The molecule has 30 heavy (non-hydrogen) atoms. The average Bonchev–Trinajstić information content (AvgIpc) is 3.01. The van der Waals surface area contributed by atoms with E-state index in [1.54, 1.807) is 0 Å². The molecule has 4 aliphatic rings. The minimum atomic E-state index is -0.676. The van der Waals surface area contributed by atoms with Gasteiger partial charge in [-0.05, 0) is 84.9 Å². The SMILES string of the molecule is CC(C)CCC[C@@H](C)[C@H]1CC[C@H]2[C@@H]3C(O)C=C4CC(O)C(O)C[C@]4(C)[C@H]3CC[C@]12C. The third-order valence-corrected chi connectivity index (χ3v) is 10.4. The first-order chi connectivity index (χ1) is 14.1. The van der Waals surface area contributed by atoms with Crippen LogP contribution in [0.5, 0.6) is 0 Å². The molecule has 0 aromatic heterocycles. The van der Waals surface area contributed by atoms with Gasteiger partial charge < -0.3 is 15.3 Å². The molecule has 10 atom stereocenters. The first kappa shape index (κ1) is 22.8. The van der Waals surface area contributed by atoms with Gasteiger partial charge in [-0.2, -0.15) is 0 Å². The molecule has 172 valence electrons. The Bertz CT molecular complexity index is 656. The van der Waals surface area contributed by atoms with Crippen molar-refractivity contribution in [3.8, 4) is 0 Å². The zero-order valence-electron chi connectivity index (χ0n) is 20.0. The quantitative estimate of drug-likeness (QED) is 0.529. The topological polar surface area (TPSA) is 60.7 Å². The fourth-order valence-corrected chi connectivity index (χ4v) is 8.70. The normalized spacial score (nSPS) is 49.2. The molecule has 3 nitrogen and oxygen atoms in total. The third-order valence-electron chi connectivity index (χ3n) is 10.4. The molecule has 0 spiro atoms. The van der Waals surface area contributed by atoms with Crippen LogP contribution in [0.1, 0.15) is 92.4 Å². The molecule has 0 amide bonds. The summed E-state index contributed by atoms with van der Waals surface area (Å²) in [4.78, 5) is 0. The van der Waals surface area contributed by atoms with Crippen molar-refractivity contribution in [1.82, 2.24) is 0 Å². The van der Waals surface area contributed by atoms with E-state index in [1.165, 1.54) is 44.1 Å². The zero-order valence-corrected chi connectivity index (χ0v) is 20.0. The van der Waals surface area contributed by atoms with Gasteiger partial charge in [0.1, 0.15) is 0 Å². The Hall–Kier alpha value is -0.380. The predicted molar refractivity (Wildman–Crippen MR) is 122 cm³/mol. The Labute approximate surface area is 184 Å². The van der Waals surface area contributed by atoms with Crippen LogP contribution in [0.2, 0.25) is 0 Å². The van der Waals surface area contributed by atoms with Gasteiger partial charge in [0.2, 0.25) is 0 Å². The molecule has 0 aromatic rings. The van der Waals surface area contributed by atoms with Crippen LogP contribution in [0.4, 0.5) is 0 Å². The summed E-state index contributed by atoms with van der Waals surface area (Å²) in [5.41, 5.74) is 1.48. The maximum absolute atomic E-state index is 11.3. The largest absolute Gasteiger partial charge is 0.390 e. The Morgan fingerprint density at radius 2 is 1.70 bits per heavy atom. The summed E-state index contributed by atoms with van der Waals surface area (Å²) in [6, 6.07) is 0. The van der Waals surface area contributed by atoms with E-state index < -0.39 is 12.2 Å². The number of hydrogen-bond acceptors (Lipinski definition) is 3. The number of rotatable bonds is 5. The molecule has 3 heteroatoms. The Balaban J connectivity index is 1.55. The van der Waals surface area contributed by atoms with Gasteiger partial charge in [0.25, 0.3) is 0 Å². The zero-order chi connectivity index (χ0) is 21.8. The van der Waals surface area contributed by atoms with Crippen LogP contribution in [0.15, 0.2) is 11.6 Å². The maximum atomic E-state index is 11.3. The van der Waals surface area contributed by atoms with E-state index in [1.807, 2.05) is 0 Å². The molecular formula is C27H46O3. The van der Waals surface area contributed by atoms with Gasteiger partial charge in [-0.25, -0.2) is 0 Å². The van der Waals surface area contributed by atoms with Crippen molar-refractivity contribution in [3.63, 3.8) is 0 Å². The highest BCUT2D eigenvalue weighted by atomic mass is 16.3. The van der Waals surface area contributed by atoms with Gasteiger partial charge in [-0.3, -0.25) is 0 Å². The van der Waals surface area contributed by atoms with Crippen molar-refractivity contribution in [2.75, 3.05) is 0 Å². The highest BCUT2D eigenvalue weighted by molar-refractivity contribution is 5.28. The van der Waals surface area contributed by atoms with Crippen LogP contribution in [0.3, 0.4) is 0 Å². The van der Waals surface area contributed by atoms with Crippen molar-refractivity contribution in [2.24, 2.45) is 46.3 Å². The minimum absolute atomic E-state index is 0.0646. The fourth-order valence-electron chi connectivity index (χ4n) is 8.70. The van der Waals surface area contributed by atoms with Gasteiger partial charge in [-0.1, -0.05) is 65.5 Å². The van der Waals surface area contributed by atoms with E-state index in [-0.39, 0.29) is 11.5 Å². The molecule has 0 heterocycles. The Morgan fingerprint density at radius 3 is 2.40 bits per heavy atom. The second-order valence-corrected chi connectivity index (χ2v) is 12.5. The van der Waals surface area contributed by atoms with Crippen molar-refractivity contribution >= 4 is 0 Å². The van der Waals surface area contributed by atoms with Crippen LogP contribution in [-0.4, -0.2) is 33.6 Å². The smallest absolute Gasteiger partial charge is 0.0836 e. The fraction of sp³-hybridized carbons (Fsp3) is 0.926. The molecule has 3 saturated carbocycles. The van der Waals surface area contributed by atoms with Crippen LogP contribution in [0, 0.1) is 46.3 Å². The summed E-state index contributed by atoms with van der Waals surface area (Å²) in [7, 11) is 0. The van der Waals surface area contributed by atoms with Crippen LogP contribution in [0.25, 0.3) is 0 Å². The lowest BCUT2D eigenvalue weighted by Crippen LogP contribution is -2.56. The summed E-state index contributed by atoms with van der Waals surface area (Å²) < 4.78 is 0. The summed E-state index contributed by atoms with van der Waals surface area (Å²) in [5.74, 6) is 3.67. The molecule has 0 aliphatic heterocycles. The van der Waals surface area contributed by atoms with E-state index in [0.717, 1.165) is 24.2 Å². The molecule has 3 unspecified atom stereocenters. The van der Waals surface area contributed by atoms with Crippen LogP contribution in [-0.2, 0) is 0 Å². The van der Waals surface area contributed by atoms with Gasteiger partial charge in [0.05, 0.1) is 18.3 Å². The predicted octanol–water partition coefficient (Wildman–Crippen LogP) is 5.33. The molecule has 3 N–H and O–H groups in total. The van der Waals surface area contributed by atoms with Gasteiger partial charge in [0, 0.05) is 0 Å². The second-order valence-electron chi connectivity index (χ2n) is 12.5. The maximum Gasteiger partial charge on any atom is 0.0836 e. The van der Waals surface area contributed by atoms with Crippen molar-refractivity contribution in [1.29, 1.82) is 0 Å². The van der Waals surface area contributed by atoms with Crippen LogP contribution >= 0.6 is 0 Å². The number of aliphatic hydroxyl groups excluding tert-OH is 3. The number of fused-ring (bicyclic) bond motifs is 5. The standard InChI is InChI=1S/C27H46O3/c1-16(2)7-6-8-17(3)19-9-10-20-25-21(11-12-26(19,20)4)27(5)15-24(30)22(28)13-18(27)14-23(25)29/h14,16-17,19-25,28-30H,6-13,15H2,1-5H3/t17-,19-,20+,21+,22?,23?,24?,25+,26-,27+/m1/s1. The van der Waals surface area contributed by atoms with Crippen molar-refractivity contribution < 1.29 is 15.3 Å². The highest BCUT2D eigenvalue weighted by Gasteiger charge is 2.61. The summed E-state index contributed by atoms with van der Waals surface area (Å²) in [6.07, 6.45) is 10.5. The van der Waals surface area contributed by atoms with E-state index in [9.17, 15) is 15.3 Å². The molecule has 4 aliphatic carbocycles. The van der Waals surface area contributed by atoms with Gasteiger partial charge >= 0.3 is 0 Å². The van der Waals surface area contributed by atoms with Crippen molar-refractivity contribution in [2.45, 2.75) is 111 Å². The number of aliphatic hydroxyl groups is 3. The lowest BCUT2D eigenvalue weighted by Gasteiger charge is -2.60. The summed E-state index contributed by atoms with van der Waals surface area (Å²) >= 11 is 0. The highest BCUT2D eigenvalue weighted by Crippen LogP contribution is 2.67. The minimum Gasteiger partial charge on any atom is -0.390 e. The summed E-state index contributed by atoms with van der Waals surface area (Å²) in [6.45, 7) is 12.0. The average molecular weight is 419 g/mol. The van der Waals surface area contributed by atoms with E-state index in [4.69, 9.17) is 0 Å². The van der Waals surface area contributed by atoms with Crippen LogP contribution < -0.4 is 0 Å². The van der Waals surface area contributed by atoms with Crippen molar-refractivity contribution in [3.05, 3.63) is 11.6 Å². The number of hydrogen-bond donors (Lipinski definition) is 3. The van der Waals surface area contributed by atoms with Gasteiger partial charge in [-0.15, -0.1) is 0 Å². The molecule has 0 aromatic carbocycles. The van der Waals surface area contributed by atoms with E-state index in [0.29, 0.717) is 36.0 Å². The lowest BCUT2D eigenvalue weighted by atomic mass is 9.46. The third kappa shape index (κ3) is 3.61. The molecule has 3 fully saturated rings. The molecule has 4 rings (SSSR count). The molecule has 0 bridgehead atoms. The lowest BCUT2D eigenvalue weighted by molar-refractivity contribution is -0.116. The van der Waals surface area contributed by atoms with E-state index >= 15 is 0 Å². The molecule has 0 radical (unpaired) electrons. The Kier molecular flexibility index (Phi) is 6.23. The van der Waals surface area contributed by atoms with E-state index in [2.05, 4.69) is 40.7 Å². The monoisotopic (exact) mass is 418 g/mol. The first-order valence-corrected chi connectivity index (χ1v) is 12.8. The second kappa shape index (κ2) is 8.19. The Morgan fingerprint density at radius 1 is 0.967 bits per heavy atom. The molecular weight excluding hydrogens is 372 g/mol. The first-order valence-electron chi connectivity index (χ1n) is 12.8.